The number of rotatable bonds is 2. The zero-order chi connectivity index (χ0) is 12.7. The van der Waals surface area contributed by atoms with E-state index >= 15 is 0 Å². The molecule has 1 aliphatic rings. The third-order valence-electron chi connectivity index (χ3n) is 2.70. The van der Waals surface area contributed by atoms with E-state index < -0.39 is 11.8 Å². The molecule has 0 radical (unpaired) electrons. The SMILES string of the molecule is C1CCCC1.NC(=O)c1ccc(C(N)=O)cc1. The molecule has 0 aliphatic heterocycles. The van der Waals surface area contributed by atoms with E-state index in [0.717, 1.165) is 0 Å². The molecule has 1 aliphatic carbocycles. The van der Waals surface area contributed by atoms with Crippen molar-refractivity contribution in [2.75, 3.05) is 0 Å². The van der Waals surface area contributed by atoms with Crippen LogP contribution < -0.4 is 11.5 Å². The van der Waals surface area contributed by atoms with Gasteiger partial charge in [-0.2, -0.15) is 0 Å². The van der Waals surface area contributed by atoms with Crippen LogP contribution in [0.5, 0.6) is 0 Å². The van der Waals surface area contributed by atoms with Crippen LogP contribution in [0.15, 0.2) is 24.3 Å². The van der Waals surface area contributed by atoms with Gasteiger partial charge in [0.15, 0.2) is 0 Å². The molecular weight excluding hydrogens is 216 g/mol. The minimum Gasteiger partial charge on any atom is -0.366 e. The maximum atomic E-state index is 10.6. The number of primary amides is 2. The van der Waals surface area contributed by atoms with E-state index in [2.05, 4.69) is 0 Å². The molecule has 17 heavy (non-hydrogen) atoms. The van der Waals surface area contributed by atoms with Gasteiger partial charge >= 0.3 is 0 Å². The second-order valence-corrected chi connectivity index (χ2v) is 4.07. The first kappa shape index (κ1) is 13.2. The molecule has 1 saturated carbocycles. The normalized spacial score (nSPS) is 13.6. The van der Waals surface area contributed by atoms with Crippen LogP contribution in [0.4, 0.5) is 0 Å². The maximum absolute atomic E-state index is 10.6. The third-order valence-corrected chi connectivity index (χ3v) is 2.70. The number of amides is 2. The fraction of sp³-hybridized carbons (Fsp3) is 0.385. The van der Waals surface area contributed by atoms with Gasteiger partial charge in [0.25, 0.3) is 0 Å². The van der Waals surface area contributed by atoms with Crippen LogP contribution in [-0.2, 0) is 0 Å². The second-order valence-electron chi connectivity index (χ2n) is 4.07. The van der Waals surface area contributed by atoms with Crippen LogP contribution in [0.3, 0.4) is 0 Å². The summed E-state index contributed by atoms with van der Waals surface area (Å²) in [5.41, 5.74) is 10.7. The van der Waals surface area contributed by atoms with Gasteiger partial charge in [-0.25, -0.2) is 0 Å². The van der Waals surface area contributed by atoms with Crippen LogP contribution in [-0.4, -0.2) is 11.8 Å². The Bertz CT molecular complexity index is 340. The summed E-state index contributed by atoms with van der Waals surface area (Å²) in [6.07, 6.45) is 7.50. The molecule has 0 saturated heterocycles. The monoisotopic (exact) mass is 234 g/mol. The maximum Gasteiger partial charge on any atom is 0.248 e. The van der Waals surface area contributed by atoms with Crippen LogP contribution in [0.2, 0.25) is 0 Å². The summed E-state index contributed by atoms with van der Waals surface area (Å²) in [6.45, 7) is 0. The highest BCUT2D eigenvalue weighted by Crippen LogP contribution is 2.15. The quantitative estimate of drug-likeness (QED) is 0.817. The first-order valence-electron chi connectivity index (χ1n) is 5.81. The Hall–Kier alpha value is -1.84. The molecule has 1 aromatic carbocycles. The molecule has 0 spiro atoms. The smallest absolute Gasteiger partial charge is 0.248 e. The molecule has 4 N–H and O–H groups in total. The average Bonchev–Trinajstić information content (AvgIpc) is 2.87. The Morgan fingerprint density at radius 3 is 1.12 bits per heavy atom. The van der Waals surface area contributed by atoms with E-state index in [0.29, 0.717) is 11.1 Å². The molecule has 1 aromatic rings. The fourth-order valence-corrected chi connectivity index (χ4v) is 1.68. The lowest BCUT2D eigenvalue weighted by Gasteiger charge is -1.96. The Balaban J connectivity index is 0.000000239. The predicted octanol–water partition coefficient (Wildman–Crippen LogP) is 1.83. The van der Waals surface area contributed by atoms with Crippen LogP contribution in [0.1, 0.15) is 52.8 Å². The van der Waals surface area contributed by atoms with Crippen molar-refractivity contribution in [1.82, 2.24) is 0 Å². The lowest BCUT2D eigenvalue weighted by Crippen LogP contribution is -2.13. The lowest BCUT2D eigenvalue weighted by atomic mass is 10.1. The zero-order valence-electron chi connectivity index (χ0n) is 9.82. The van der Waals surface area contributed by atoms with E-state index in [4.69, 9.17) is 11.5 Å². The van der Waals surface area contributed by atoms with E-state index in [1.165, 1.54) is 56.4 Å². The minimum atomic E-state index is -0.522. The zero-order valence-corrected chi connectivity index (χ0v) is 9.82. The summed E-state index contributed by atoms with van der Waals surface area (Å²) in [6, 6.07) is 5.84. The van der Waals surface area contributed by atoms with Crippen molar-refractivity contribution in [3.8, 4) is 0 Å². The van der Waals surface area contributed by atoms with Gasteiger partial charge < -0.3 is 11.5 Å². The summed E-state index contributed by atoms with van der Waals surface area (Å²) >= 11 is 0. The van der Waals surface area contributed by atoms with Gasteiger partial charge in [-0.3, -0.25) is 9.59 Å². The van der Waals surface area contributed by atoms with Gasteiger partial charge in [0.2, 0.25) is 11.8 Å². The molecular formula is C13H18N2O2. The number of hydrogen-bond acceptors (Lipinski definition) is 2. The van der Waals surface area contributed by atoms with Gasteiger partial charge in [0.1, 0.15) is 0 Å². The molecule has 0 bridgehead atoms. The van der Waals surface area contributed by atoms with Crippen molar-refractivity contribution < 1.29 is 9.59 Å². The summed E-state index contributed by atoms with van der Waals surface area (Å²) in [5, 5.41) is 0. The molecule has 2 rings (SSSR count). The molecule has 2 amide bonds. The highest BCUT2D eigenvalue weighted by molar-refractivity contribution is 5.96. The number of benzene rings is 1. The third kappa shape index (κ3) is 4.68. The standard InChI is InChI=1S/C8H8N2O2.C5H10/c9-7(11)5-1-2-6(4-3-5)8(10)12;1-2-4-5-3-1/h1-4H,(H2,9,11)(H2,10,12);1-5H2. The average molecular weight is 234 g/mol. The van der Waals surface area contributed by atoms with E-state index in [-0.39, 0.29) is 0 Å². The largest absolute Gasteiger partial charge is 0.366 e. The van der Waals surface area contributed by atoms with Crippen molar-refractivity contribution >= 4 is 11.8 Å². The van der Waals surface area contributed by atoms with Crippen molar-refractivity contribution in [3.63, 3.8) is 0 Å². The molecule has 0 heterocycles. The van der Waals surface area contributed by atoms with E-state index in [1.807, 2.05) is 0 Å². The predicted molar refractivity (Wildman–Crippen MR) is 66.6 cm³/mol. The van der Waals surface area contributed by atoms with E-state index in [1.54, 1.807) is 0 Å². The van der Waals surface area contributed by atoms with Crippen molar-refractivity contribution in [3.05, 3.63) is 35.4 Å². The molecule has 0 aromatic heterocycles. The van der Waals surface area contributed by atoms with Crippen LogP contribution in [0, 0.1) is 0 Å². The van der Waals surface area contributed by atoms with Gasteiger partial charge in [-0.1, -0.05) is 32.1 Å². The number of hydrogen-bond donors (Lipinski definition) is 2. The molecule has 92 valence electrons. The van der Waals surface area contributed by atoms with Crippen LogP contribution >= 0.6 is 0 Å². The van der Waals surface area contributed by atoms with Gasteiger partial charge in [0.05, 0.1) is 0 Å². The van der Waals surface area contributed by atoms with E-state index in [9.17, 15) is 9.59 Å². The first-order chi connectivity index (χ1) is 8.11. The minimum absolute atomic E-state index is 0.361. The van der Waals surface area contributed by atoms with Crippen LogP contribution in [0.25, 0.3) is 0 Å². The molecule has 1 fully saturated rings. The Kier molecular flexibility index (Phi) is 5.20. The molecule has 4 nitrogen and oxygen atoms in total. The summed E-state index contributed by atoms with van der Waals surface area (Å²) in [5.74, 6) is -1.04. The number of carbonyl (C=O) groups is 2. The topological polar surface area (TPSA) is 86.2 Å². The van der Waals surface area contributed by atoms with Crippen molar-refractivity contribution in [1.29, 1.82) is 0 Å². The fourth-order valence-electron chi connectivity index (χ4n) is 1.68. The Labute approximate surface area is 101 Å². The Morgan fingerprint density at radius 2 is 0.941 bits per heavy atom. The van der Waals surface area contributed by atoms with Gasteiger partial charge in [0, 0.05) is 11.1 Å². The molecule has 4 heteroatoms. The summed E-state index contributed by atoms with van der Waals surface area (Å²) in [4.78, 5) is 21.2. The number of nitrogens with two attached hydrogens (primary N) is 2. The molecule has 0 unspecified atom stereocenters. The first-order valence-corrected chi connectivity index (χ1v) is 5.81. The summed E-state index contributed by atoms with van der Waals surface area (Å²) < 4.78 is 0. The second kappa shape index (κ2) is 6.68. The highest BCUT2D eigenvalue weighted by Gasteiger charge is 2.02. The Morgan fingerprint density at radius 1 is 0.706 bits per heavy atom. The molecule has 0 atom stereocenters. The number of carbonyl (C=O) groups excluding carboxylic acids is 2. The van der Waals surface area contributed by atoms with Crippen molar-refractivity contribution in [2.24, 2.45) is 11.5 Å². The summed E-state index contributed by atoms with van der Waals surface area (Å²) in [7, 11) is 0. The lowest BCUT2D eigenvalue weighted by molar-refractivity contribution is 0.0988. The highest BCUT2D eigenvalue weighted by atomic mass is 16.1. The van der Waals surface area contributed by atoms with Gasteiger partial charge in [-0.05, 0) is 24.3 Å². The van der Waals surface area contributed by atoms with Gasteiger partial charge in [-0.15, -0.1) is 0 Å². The van der Waals surface area contributed by atoms with Crippen molar-refractivity contribution in [2.45, 2.75) is 32.1 Å².